The number of carbonyl (C=O) groups excluding carboxylic acids is 1. The molecule has 2 atom stereocenters. The van der Waals surface area contributed by atoms with E-state index in [2.05, 4.69) is 10.2 Å². The topological polar surface area (TPSA) is 52.6 Å². The number of likely N-dealkylation sites (tertiary alicyclic amines) is 1. The van der Waals surface area contributed by atoms with Crippen LogP contribution in [-0.2, 0) is 4.79 Å². The van der Waals surface area contributed by atoms with Crippen LogP contribution in [0.1, 0.15) is 27.2 Å². The highest BCUT2D eigenvalue weighted by molar-refractivity contribution is 5.73. The van der Waals surface area contributed by atoms with E-state index >= 15 is 0 Å². The molecule has 1 fully saturated rings. The molecule has 4 nitrogen and oxygen atoms in total. The molecule has 1 rings (SSSR count). The zero-order valence-corrected chi connectivity index (χ0v) is 9.58. The standard InChI is InChI=1S/C8H16N2O2.C2H6/c1-6(12)9-7-3-8(5-11)10(2)4-7;1-2/h7-8,11H,3-5H2,1-2H3,(H,9,12);1-2H3. The number of rotatable bonds is 2. The van der Waals surface area contributed by atoms with Crippen LogP contribution in [0.2, 0.25) is 0 Å². The number of amides is 1. The second-order valence-corrected chi connectivity index (χ2v) is 3.41. The normalized spacial score (nSPS) is 26.6. The van der Waals surface area contributed by atoms with Crippen molar-refractivity contribution < 1.29 is 9.90 Å². The SMILES string of the molecule is CC.CC(=O)NC1CC(CO)N(C)C1. The van der Waals surface area contributed by atoms with Gasteiger partial charge >= 0.3 is 0 Å². The Bertz CT molecular complexity index is 174. The lowest BCUT2D eigenvalue weighted by Gasteiger charge is -2.14. The molecule has 0 saturated carbocycles. The van der Waals surface area contributed by atoms with E-state index in [0.717, 1.165) is 13.0 Å². The third kappa shape index (κ3) is 4.07. The first-order valence-electron chi connectivity index (χ1n) is 5.21. The second-order valence-electron chi connectivity index (χ2n) is 3.41. The van der Waals surface area contributed by atoms with Crippen molar-refractivity contribution in [3.05, 3.63) is 0 Å². The Labute approximate surface area is 86.3 Å². The number of nitrogens with one attached hydrogen (secondary N) is 1. The van der Waals surface area contributed by atoms with Crippen molar-refractivity contribution in [3.63, 3.8) is 0 Å². The van der Waals surface area contributed by atoms with Gasteiger partial charge in [-0.2, -0.15) is 0 Å². The van der Waals surface area contributed by atoms with Gasteiger partial charge in [-0.1, -0.05) is 13.8 Å². The summed E-state index contributed by atoms with van der Waals surface area (Å²) in [5.74, 6) is 0.00647. The highest BCUT2D eigenvalue weighted by Crippen LogP contribution is 2.14. The van der Waals surface area contributed by atoms with Crippen molar-refractivity contribution in [2.75, 3.05) is 20.2 Å². The summed E-state index contributed by atoms with van der Waals surface area (Å²) in [5.41, 5.74) is 0. The van der Waals surface area contributed by atoms with Crippen LogP contribution >= 0.6 is 0 Å². The van der Waals surface area contributed by atoms with Crippen molar-refractivity contribution in [2.24, 2.45) is 0 Å². The van der Waals surface area contributed by atoms with Crippen molar-refractivity contribution in [1.82, 2.24) is 10.2 Å². The average molecular weight is 202 g/mol. The molecule has 14 heavy (non-hydrogen) atoms. The molecule has 1 saturated heterocycles. The highest BCUT2D eigenvalue weighted by atomic mass is 16.3. The maximum Gasteiger partial charge on any atom is 0.217 e. The summed E-state index contributed by atoms with van der Waals surface area (Å²) < 4.78 is 0. The molecule has 1 aliphatic rings. The van der Waals surface area contributed by atoms with Crippen LogP contribution in [0.5, 0.6) is 0 Å². The van der Waals surface area contributed by atoms with Crippen LogP contribution in [0, 0.1) is 0 Å². The molecule has 1 aliphatic heterocycles. The fourth-order valence-corrected chi connectivity index (χ4v) is 1.69. The first-order valence-corrected chi connectivity index (χ1v) is 5.21. The molecule has 4 heteroatoms. The summed E-state index contributed by atoms with van der Waals surface area (Å²) in [6.45, 7) is 6.53. The number of aliphatic hydroxyl groups excluding tert-OH is 1. The van der Waals surface area contributed by atoms with E-state index in [1.165, 1.54) is 6.92 Å². The van der Waals surface area contributed by atoms with Gasteiger partial charge in [0.25, 0.3) is 0 Å². The minimum Gasteiger partial charge on any atom is -0.395 e. The summed E-state index contributed by atoms with van der Waals surface area (Å²) in [7, 11) is 1.96. The molecule has 0 radical (unpaired) electrons. The zero-order chi connectivity index (χ0) is 11.1. The molecule has 1 heterocycles. The van der Waals surface area contributed by atoms with Gasteiger partial charge in [0.15, 0.2) is 0 Å². The number of nitrogens with zero attached hydrogens (tertiary/aromatic N) is 1. The van der Waals surface area contributed by atoms with Gasteiger partial charge in [0.2, 0.25) is 5.91 Å². The Kier molecular flexibility index (Phi) is 6.49. The van der Waals surface area contributed by atoms with E-state index < -0.39 is 0 Å². The van der Waals surface area contributed by atoms with E-state index in [4.69, 9.17) is 5.11 Å². The Hall–Kier alpha value is -0.610. The fraction of sp³-hybridized carbons (Fsp3) is 0.900. The number of likely N-dealkylation sites (N-methyl/N-ethyl adjacent to an activating group) is 1. The molecule has 1 amide bonds. The average Bonchev–Trinajstić information content (AvgIpc) is 2.48. The molecule has 0 spiro atoms. The molecule has 0 aromatic rings. The Morgan fingerprint density at radius 2 is 2.14 bits per heavy atom. The lowest BCUT2D eigenvalue weighted by atomic mass is 10.2. The Morgan fingerprint density at radius 3 is 2.50 bits per heavy atom. The quantitative estimate of drug-likeness (QED) is 0.673. The van der Waals surface area contributed by atoms with Crippen molar-refractivity contribution in [2.45, 2.75) is 39.3 Å². The smallest absolute Gasteiger partial charge is 0.217 e. The molecular weight excluding hydrogens is 180 g/mol. The molecule has 2 unspecified atom stereocenters. The monoisotopic (exact) mass is 202 g/mol. The van der Waals surface area contributed by atoms with E-state index in [1.807, 2.05) is 20.9 Å². The third-order valence-electron chi connectivity index (χ3n) is 2.31. The van der Waals surface area contributed by atoms with Crippen LogP contribution in [-0.4, -0.2) is 48.2 Å². The number of hydrogen-bond donors (Lipinski definition) is 2. The van der Waals surface area contributed by atoms with Crippen LogP contribution in [0.15, 0.2) is 0 Å². The summed E-state index contributed by atoms with van der Waals surface area (Å²) >= 11 is 0. The zero-order valence-electron chi connectivity index (χ0n) is 9.58. The fourth-order valence-electron chi connectivity index (χ4n) is 1.69. The third-order valence-corrected chi connectivity index (χ3v) is 2.31. The van der Waals surface area contributed by atoms with E-state index in [-0.39, 0.29) is 24.6 Å². The molecule has 2 N–H and O–H groups in total. The van der Waals surface area contributed by atoms with Crippen LogP contribution in [0.4, 0.5) is 0 Å². The summed E-state index contributed by atoms with van der Waals surface area (Å²) in [6, 6.07) is 0.423. The maximum atomic E-state index is 10.7. The van der Waals surface area contributed by atoms with Crippen LogP contribution in [0.3, 0.4) is 0 Å². The Morgan fingerprint density at radius 1 is 1.57 bits per heavy atom. The largest absolute Gasteiger partial charge is 0.395 e. The predicted octanol–water partition coefficient (Wildman–Crippen LogP) is 0.214. The lowest BCUT2D eigenvalue weighted by molar-refractivity contribution is -0.119. The van der Waals surface area contributed by atoms with Gasteiger partial charge in [-0.25, -0.2) is 0 Å². The van der Waals surface area contributed by atoms with Crippen LogP contribution < -0.4 is 5.32 Å². The van der Waals surface area contributed by atoms with Gasteiger partial charge < -0.3 is 10.4 Å². The van der Waals surface area contributed by atoms with E-state index in [0.29, 0.717) is 0 Å². The van der Waals surface area contributed by atoms with Gasteiger partial charge in [0.1, 0.15) is 0 Å². The molecule has 0 bridgehead atoms. The van der Waals surface area contributed by atoms with Gasteiger partial charge in [0.05, 0.1) is 6.61 Å². The van der Waals surface area contributed by atoms with Crippen LogP contribution in [0.25, 0.3) is 0 Å². The summed E-state index contributed by atoms with van der Waals surface area (Å²) in [4.78, 5) is 12.8. The molecule has 0 aliphatic carbocycles. The summed E-state index contributed by atoms with van der Waals surface area (Å²) in [6.07, 6.45) is 0.854. The number of aliphatic hydroxyl groups is 1. The number of hydrogen-bond acceptors (Lipinski definition) is 3. The van der Waals surface area contributed by atoms with Gasteiger partial charge in [0, 0.05) is 25.6 Å². The lowest BCUT2D eigenvalue weighted by Crippen LogP contribution is -2.34. The first kappa shape index (κ1) is 13.4. The predicted molar refractivity (Wildman–Crippen MR) is 57.1 cm³/mol. The van der Waals surface area contributed by atoms with E-state index in [9.17, 15) is 4.79 Å². The minimum absolute atomic E-state index is 0.00647. The number of carbonyl (C=O) groups is 1. The van der Waals surface area contributed by atoms with Gasteiger partial charge in [-0.15, -0.1) is 0 Å². The van der Waals surface area contributed by atoms with Gasteiger partial charge in [-0.05, 0) is 13.5 Å². The molecule has 0 aromatic carbocycles. The first-order chi connectivity index (χ1) is 6.63. The molecule has 84 valence electrons. The van der Waals surface area contributed by atoms with Crippen molar-refractivity contribution >= 4 is 5.91 Å². The van der Waals surface area contributed by atoms with Gasteiger partial charge in [-0.3, -0.25) is 9.69 Å². The molecular formula is C10H22N2O2. The highest BCUT2D eigenvalue weighted by Gasteiger charge is 2.28. The summed E-state index contributed by atoms with van der Waals surface area (Å²) in [5, 5.41) is 11.8. The van der Waals surface area contributed by atoms with E-state index in [1.54, 1.807) is 0 Å². The minimum atomic E-state index is 0.00647. The maximum absolute atomic E-state index is 10.7. The second kappa shape index (κ2) is 6.79. The van der Waals surface area contributed by atoms with Crippen molar-refractivity contribution in [1.29, 1.82) is 0 Å². The Balaban J connectivity index is 0.000000791. The molecule has 0 aromatic heterocycles. The van der Waals surface area contributed by atoms with Crippen molar-refractivity contribution in [3.8, 4) is 0 Å².